The molecule has 1 aliphatic heterocycles. The van der Waals surface area contributed by atoms with Gasteiger partial charge in [0, 0.05) is 11.5 Å². The maximum absolute atomic E-state index is 12.7. The summed E-state index contributed by atoms with van der Waals surface area (Å²) in [4.78, 5) is 30.3. The topological polar surface area (TPSA) is 88.7 Å². The zero-order chi connectivity index (χ0) is 21.9. The highest BCUT2D eigenvalue weighted by molar-refractivity contribution is 9.11. The molecular formula is C22H24BrN3O4S. The molecule has 2 atom stereocenters. The number of nitrogens with one attached hydrogen (secondary N) is 3. The maximum atomic E-state index is 12.7. The number of amides is 2. The molecule has 0 saturated heterocycles. The molecular weight excluding hydrogens is 482 g/mol. The monoisotopic (exact) mass is 505 g/mol. The molecule has 0 aliphatic carbocycles. The Bertz CT molecular complexity index is 883. The van der Waals surface area contributed by atoms with Crippen molar-refractivity contribution in [3.8, 4) is 0 Å². The van der Waals surface area contributed by atoms with Crippen molar-refractivity contribution >= 4 is 39.7 Å². The summed E-state index contributed by atoms with van der Waals surface area (Å²) in [6.07, 6.45) is 0.882. The molecule has 1 heterocycles. The van der Waals surface area contributed by atoms with E-state index in [0.717, 1.165) is 16.9 Å². The molecule has 1 aliphatic rings. The number of thioether (sulfide) groups is 1. The van der Waals surface area contributed by atoms with Crippen molar-refractivity contribution in [3.05, 3.63) is 82.5 Å². The SMILES string of the molecule is O=C(N[C@@H](CSCc1ccccc1)C(=O)NCC1C=C(Br)NO1)OCc1ccccc1. The van der Waals surface area contributed by atoms with E-state index in [0.29, 0.717) is 10.4 Å². The summed E-state index contributed by atoms with van der Waals surface area (Å²) in [5.74, 6) is 0.846. The van der Waals surface area contributed by atoms with E-state index in [4.69, 9.17) is 9.57 Å². The van der Waals surface area contributed by atoms with Crippen LogP contribution in [0.5, 0.6) is 0 Å². The van der Waals surface area contributed by atoms with Crippen LogP contribution in [0.2, 0.25) is 0 Å². The third-order valence-corrected chi connectivity index (χ3v) is 5.87. The summed E-state index contributed by atoms with van der Waals surface area (Å²) < 4.78 is 5.99. The first-order valence-electron chi connectivity index (χ1n) is 9.76. The number of benzene rings is 2. The third kappa shape index (κ3) is 8.28. The van der Waals surface area contributed by atoms with Gasteiger partial charge in [-0.15, -0.1) is 0 Å². The van der Waals surface area contributed by atoms with Crippen molar-refractivity contribution in [1.29, 1.82) is 0 Å². The summed E-state index contributed by atoms with van der Waals surface area (Å²) >= 11 is 4.84. The van der Waals surface area contributed by atoms with E-state index < -0.39 is 12.1 Å². The minimum absolute atomic E-state index is 0.137. The van der Waals surface area contributed by atoms with E-state index in [1.807, 2.05) is 60.7 Å². The number of rotatable bonds is 10. The first-order valence-corrected chi connectivity index (χ1v) is 11.7. The second-order valence-electron chi connectivity index (χ2n) is 6.78. The molecule has 2 aromatic rings. The molecule has 0 radical (unpaired) electrons. The van der Waals surface area contributed by atoms with Gasteiger partial charge in [-0.2, -0.15) is 11.8 Å². The van der Waals surface area contributed by atoms with Crippen LogP contribution < -0.4 is 16.1 Å². The quantitative estimate of drug-likeness (QED) is 0.428. The van der Waals surface area contributed by atoms with Crippen molar-refractivity contribution in [2.75, 3.05) is 12.3 Å². The van der Waals surface area contributed by atoms with Crippen molar-refractivity contribution in [2.45, 2.75) is 24.5 Å². The van der Waals surface area contributed by atoms with Crippen LogP contribution in [0.15, 0.2) is 71.3 Å². The maximum Gasteiger partial charge on any atom is 0.408 e. The fourth-order valence-electron chi connectivity index (χ4n) is 2.75. The molecule has 9 heteroatoms. The van der Waals surface area contributed by atoms with Crippen molar-refractivity contribution < 1.29 is 19.2 Å². The lowest BCUT2D eigenvalue weighted by atomic mass is 10.2. The Balaban J connectivity index is 1.51. The molecule has 0 fully saturated rings. The number of ether oxygens (including phenoxy) is 1. The van der Waals surface area contributed by atoms with E-state index in [2.05, 4.69) is 32.0 Å². The van der Waals surface area contributed by atoms with E-state index >= 15 is 0 Å². The number of carbonyl (C=O) groups excluding carboxylic acids is 2. The van der Waals surface area contributed by atoms with Gasteiger partial charge in [0.1, 0.15) is 23.4 Å². The number of alkyl carbamates (subject to hydrolysis) is 1. The smallest absolute Gasteiger partial charge is 0.408 e. The average molecular weight is 506 g/mol. The van der Waals surface area contributed by atoms with Crippen LogP contribution in [-0.4, -0.2) is 36.4 Å². The second kappa shape index (κ2) is 12.4. The van der Waals surface area contributed by atoms with Gasteiger partial charge in [-0.05, 0) is 33.1 Å². The van der Waals surface area contributed by atoms with Crippen molar-refractivity contribution in [2.24, 2.45) is 0 Å². The molecule has 0 saturated carbocycles. The highest BCUT2D eigenvalue weighted by Gasteiger charge is 2.23. The summed E-state index contributed by atoms with van der Waals surface area (Å²) in [7, 11) is 0. The van der Waals surface area contributed by atoms with Crippen LogP contribution in [0.4, 0.5) is 4.79 Å². The molecule has 0 bridgehead atoms. The number of hydrogen-bond acceptors (Lipinski definition) is 6. The van der Waals surface area contributed by atoms with Gasteiger partial charge in [0.05, 0.1) is 6.54 Å². The highest BCUT2D eigenvalue weighted by atomic mass is 79.9. The van der Waals surface area contributed by atoms with Crippen LogP contribution in [0.25, 0.3) is 0 Å². The molecule has 31 heavy (non-hydrogen) atoms. The van der Waals surface area contributed by atoms with E-state index in [1.54, 1.807) is 17.8 Å². The van der Waals surface area contributed by atoms with Gasteiger partial charge in [-0.25, -0.2) is 4.79 Å². The largest absolute Gasteiger partial charge is 0.445 e. The third-order valence-electron chi connectivity index (χ3n) is 4.33. The number of halogens is 1. The van der Waals surface area contributed by atoms with Gasteiger partial charge in [0.25, 0.3) is 0 Å². The number of hydrogen-bond donors (Lipinski definition) is 3. The molecule has 0 aromatic heterocycles. The van der Waals surface area contributed by atoms with Crippen LogP contribution >= 0.6 is 27.7 Å². The Morgan fingerprint density at radius 2 is 1.77 bits per heavy atom. The summed E-state index contributed by atoms with van der Waals surface area (Å²) in [5.41, 5.74) is 4.70. The molecule has 164 valence electrons. The van der Waals surface area contributed by atoms with Crippen molar-refractivity contribution in [1.82, 2.24) is 16.1 Å². The summed E-state index contributed by atoms with van der Waals surface area (Å²) in [5, 5.41) is 5.50. The lowest BCUT2D eigenvalue weighted by Crippen LogP contribution is -2.49. The van der Waals surface area contributed by atoms with E-state index in [1.165, 1.54) is 0 Å². The number of hydroxylamine groups is 1. The van der Waals surface area contributed by atoms with Crippen molar-refractivity contribution in [3.63, 3.8) is 0 Å². The predicted octanol–water partition coefficient (Wildman–Crippen LogP) is 3.47. The summed E-state index contributed by atoms with van der Waals surface area (Å²) in [6, 6.07) is 18.6. The molecule has 1 unspecified atom stereocenters. The van der Waals surface area contributed by atoms with Crippen LogP contribution in [0, 0.1) is 0 Å². The zero-order valence-electron chi connectivity index (χ0n) is 16.8. The Morgan fingerprint density at radius 3 is 2.42 bits per heavy atom. The van der Waals surface area contributed by atoms with Gasteiger partial charge >= 0.3 is 6.09 Å². The molecule has 3 N–H and O–H groups in total. The first kappa shape index (κ1) is 23.2. The zero-order valence-corrected chi connectivity index (χ0v) is 19.2. The highest BCUT2D eigenvalue weighted by Crippen LogP contribution is 2.14. The molecule has 7 nitrogen and oxygen atoms in total. The lowest BCUT2D eigenvalue weighted by molar-refractivity contribution is -0.123. The van der Waals surface area contributed by atoms with Gasteiger partial charge in [-0.3, -0.25) is 15.1 Å². The minimum Gasteiger partial charge on any atom is -0.445 e. The Kier molecular flexibility index (Phi) is 9.26. The Hall–Kier alpha value is -2.49. The fourth-order valence-corrected chi connectivity index (χ4v) is 4.15. The molecule has 3 rings (SSSR count). The van der Waals surface area contributed by atoms with Gasteiger partial charge in [-0.1, -0.05) is 60.7 Å². The van der Waals surface area contributed by atoms with E-state index in [-0.39, 0.29) is 25.2 Å². The first-order chi connectivity index (χ1) is 15.1. The average Bonchev–Trinajstić information content (AvgIpc) is 3.22. The van der Waals surface area contributed by atoms with Gasteiger partial charge in [0.2, 0.25) is 5.91 Å². The fraction of sp³-hybridized carbons (Fsp3) is 0.273. The van der Waals surface area contributed by atoms with Crippen LogP contribution in [0.3, 0.4) is 0 Å². The second-order valence-corrected chi connectivity index (χ2v) is 8.66. The predicted molar refractivity (Wildman–Crippen MR) is 124 cm³/mol. The number of carbonyl (C=O) groups is 2. The molecule has 0 spiro atoms. The molecule has 2 aromatic carbocycles. The normalized spacial score (nSPS) is 16.0. The Labute approximate surface area is 194 Å². The van der Waals surface area contributed by atoms with Crippen LogP contribution in [0.1, 0.15) is 11.1 Å². The van der Waals surface area contributed by atoms with Gasteiger partial charge < -0.3 is 15.4 Å². The van der Waals surface area contributed by atoms with Gasteiger partial charge in [0.15, 0.2) is 0 Å². The standard InChI is InChI=1S/C22H24BrN3O4S/c23-20-11-18(30-26-20)12-24-21(27)19(15-31-14-17-9-5-2-6-10-17)25-22(28)29-13-16-7-3-1-4-8-16/h1-11,18-19,26H,12-15H2,(H,24,27)(H,25,28)/t18?,19-/m0/s1. The minimum atomic E-state index is -0.737. The summed E-state index contributed by atoms with van der Waals surface area (Å²) in [6.45, 7) is 0.417. The molecule has 2 amide bonds. The van der Waals surface area contributed by atoms with Crippen LogP contribution in [-0.2, 0) is 26.7 Å². The van der Waals surface area contributed by atoms with E-state index in [9.17, 15) is 9.59 Å². The Morgan fingerprint density at radius 1 is 1.10 bits per heavy atom. The lowest BCUT2D eigenvalue weighted by Gasteiger charge is -2.19.